The van der Waals surface area contributed by atoms with Crippen LogP contribution < -0.4 is 10.6 Å². The summed E-state index contributed by atoms with van der Waals surface area (Å²) < 4.78 is 4.92. The molecular weight excluding hydrogens is 346 g/mol. The minimum Gasteiger partial charge on any atom is -0.462 e. The van der Waals surface area contributed by atoms with E-state index in [9.17, 15) is 14.4 Å². The third-order valence-electron chi connectivity index (χ3n) is 4.32. The molecule has 2 atom stereocenters. The summed E-state index contributed by atoms with van der Waals surface area (Å²) in [5, 5.41) is 5.61. The van der Waals surface area contributed by atoms with Gasteiger partial charge in [0.15, 0.2) is 0 Å². The second kappa shape index (κ2) is 8.44. The summed E-state index contributed by atoms with van der Waals surface area (Å²) >= 11 is 0. The van der Waals surface area contributed by atoms with Crippen LogP contribution >= 0.6 is 0 Å². The van der Waals surface area contributed by atoms with Crippen LogP contribution in [0.25, 0.3) is 0 Å². The van der Waals surface area contributed by atoms with Crippen molar-refractivity contribution in [1.82, 2.24) is 10.3 Å². The van der Waals surface area contributed by atoms with Crippen LogP contribution in [0.15, 0.2) is 48.8 Å². The van der Waals surface area contributed by atoms with Gasteiger partial charge in [0, 0.05) is 24.6 Å². The lowest BCUT2D eigenvalue weighted by Crippen LogP contribution is -2.27. The number of hydrogen-bond acceptors (Lipinski definition) is 5. The lowest BCUT2D eigenvalue weighted by Gasteiger charge is -2.07. The lowest BCUT2D eigenvalue weighted by atomic mass is 10.2. The van der Waals surface area contributed by atoms with Gasteiger partial charge in [-0.1, -0.05) is 6.07 Å². The molecule has 2 unspecified atom stereocenters. The Labute approximate surface area is 157 Å². The number of aromatic nitrogens is 1. The summed E-state index contributed by atoms with van der Waals surface area (Å²) in [7, 11) is 0. The number of hydrogen-bond donors (Lipinski definition) is 2. The molecule has 7 nitrogen and oxygen atoms in total. The summed E-state index contributed by atoms with van der Waals surface area (Å²) in [6.45, 7) is 2.45. The predicted molar refractivity (Wildman–Crippen MR) is 98.7 cm³/mol. The average Bonchev–Trinajstić information content (AvgIpc) is 3.49. The van der Waals surface area contributed by atoms with Gasteiger partial charge in [-0.3, -0.25) is 14.6 Å². The van der Waals surface area contributed by atoms with Crippen LogP contribution in [0.5, 0.6) is 0 Å². The molecule has 0 spiro atoms. The maximum absolute atomic E-state index is 12.3. The first-order valence-electron chi connectivity index (χ1n) is 8.83. The van der Waals surface area contributed by atoms with Crippen molar-refractivity contribution in [2.75, 3.05) is 11.9 Å². The molecule has 1 aliphatic rings. The summed E-state index contributed by atoms with van der Waals surface area (Å²) in [5.41, 5.74) is 1.91. The van der Waals surface area contributed by atoms with Gasteiger partial charge in [-0.2, -0.15) is 0 Å². The van der Waals surface area contributed by atoms with E-state index in [1.165, 1.54) is 0 Å². The smallest absolute Gasteiger partial charge is 0.338 e. The molecule has 3 rings (SSSR count). The van der Waals surface area contributed by atoms with Gasteiger partial charge >= 0.3 is 5.97 Å². The molecule has 0 radical (unpaired) electrons. The molecule has 1 heterocycles. The average molecular weight is 367 g/mol. The molecule has 1 aliphatic carbocycles. The molecule has 1 saturated carbocycles. The number of rotatable bonds is 7. The zero-order valence-electron chi connectivity index (χ0n) is 15.0. The van der Waals surface area contributed by atoms with Crippen LogP contribution in [-0.2, 0) is 20.9 Å². The Morgan fingerprint density at radius 3 is 2.52 bits per heavy atom. The second-order valence-corrected chi connectivity index (χ2v) is 6.31. The molecule has 0 saturated heterocycles. The van der Waals surface area contributed by atoms with Crippen LogP contribution in [0.1, 0.15) is 29.3 Å². The van der Waals surface area contributed by atoms with E-state index in [2.05, 4.69) is 15.6 Å². The highest BCUT2D eigenvalue weighted by Gasteiger charge is 2.47. The van der Waals surface area contributed by atoms with E-state index in [1.807, 2.05) is 12.1 Å². The van der Waals surface area contributed by atoms with Gasteiger partial charge in [0.25, 0.3) is 0 Å². The summed E-state index contributed by atoms with van der Waals surface area (Å²) in [6, 6.07) is 10.2. The van der Waals surface area contributed by atoms with E-state index in [4.69, 9.17) is 4.74 Å². The van der Waals surface area contributed by atoms with Crippen molar-refractivity contribution in [2.45, 2.75) is 19.9 Å². The fourth-order valence-electron chi connectivity index (χ4n) is 2.74. The molecule has 2 aromatic rings. The summed E-state index contributed by atoms with van der Waals surface area (Å²) in [4.78, 5) is 40.1. The topological polar surface area (TPSA) is 97.4 Å². The minimum absolute atomic E-state index is 0.128. The fraction of sp³-hybridized carbons (Fsp3) is 0.300. The van der Waals surface area contributed by atoms with E-state index < -0.39 is 5.97 Å². The van der Waals surface area contributed by atoms with Crippen LogP contribution in [0.3, 0.4) is 0 Å². The van der Waals surface area contributed by atoms with Crippen LogP contribution in [-0.4, -0.2) is 29.4 Å². The molecule has 27 heavy (non-hydrogen) atoms. The number of amides is 2. The monoisotopic (exact) mass is 367 g/mol. The van der Waals surface area contributed by atoms with Crippen molar-refractivity contribution in [3.63, 3.8) is 0 Å². The molecule has 1 fully saturated rings. The van der Waals surface area contributed by atoms with E-state index in [0.29, 0.717) is 30.8 Å². The van der Waals surface area contributed by atoms with E-state index >= 15 is 0 Å². The maximum atomic E-state index is 12.3. The first kappa shape index (κ1) is 18.6. The minimum atomic E-state index is -0.400. The van der Waals surface area contributed by atoms with Gasteiger partial charge < -0.3 is 15.4 Å². The highest BCUT2D eigenvalue weighted by atomic mass is 16.5. The van der Waals surface area contributed by atoms with Crippen LogP contribution in [0.4, 0.5) is 5.69 Å². The first-order chi connectivity index (χ1) is 13.1. The largest absolute Gasteiger partial charge is 0.462 e. The van der Waals surface area contributed by atoms with Gasteiger partial charge in [0.05, 0.1) is 24.0 Å². The van der Waals surface area contributed by atoms with Crippen molar-refractivity contribution in [2.24, 2.45) is 11.8 Å². The van der Waals surface area contributed by atoms with Crippen molar-refractivity contribution >= 4 is 23.5 Å². The Bertz CT molecular complexity index is 821. The maximum Gasteiger partial charge on any atom is 0.338 e. The molecular formula is C20H21N3O4. The molecule has 2 amide bonds. The predicted octanol–water partition coefficient (Wildman–Crippen LogP) is 2.15. The standard InChI is InChI=1S/C20H21N3O4/c1-2-27-20(26)14-5-7-15(8-6-14)23-19(25)17-10-16(17)18(24)22-12-13-4-3-9-21-11-13/h3-9,11,16-17H,2,10,12H2,1H3,(H,22,24)(H,23,25). The quantitative estimate of drug-likeness (QED) is 0.731. The number of anilines is 1. The van der Waals surface area contributed by atoms with Gasteiger partial charge in [0.2, 0.25) is 11.8 Å². The Morgan fingerprint density at radius 2 is 1.85 bits per heavy atom. The Morgan fingerprint density at radius 1 is 1.11 bits per heavy atom. The number of nitrogens with one attached hydrogen (secondary N) is 2. The number of ether oxygens (including phenoxy) is 1. The Balaban J connectivity index is 1.47. The molecule has 1 aromatic carbocycles. The highest BCUT2D eigenvalue weighted by Crippen LogP contribution is 2.39. The Kier molecular flexibility index (Phi) is 5.80. The number of carbonyl (C=O) groups is 3. The van der Waals surface area contributed by atoms with Crippen LogP contribution in [0.2, 0.25) is 0 Å². The number of carbonyl (C=O) groups excluding carboxylic acids is 3. The Hall–Kier alpha value is -3.22. The highest BCUT2D eigenvalue weighted by molar-refractivity contribution is 5.99. The van der Waals surface area contributed by atoms with Crippen molar-refractivity contribution in [1.29, 1.82) is 0 Å². The van der Waals surface area contributed by atoms with E-state index in [-0.39, 0.29) is 23.7 Å². The second-order valence-electron chi connectivity index (χ2n) is 6.31. The molecule has 7 heteroatoms. The fourth-order valence-corrected chi connectivity index (χ4v) is 2.74. The third kappa shape index (κ3) is 4.91. The zero-order chi connectivity index (χ0) is 19.2. The number of pyridine rings is 1. The van der Waals surface area contributed by atoms with Gasteiger partial charge in [-0.25, -0.2) is 4.79 Å². The SMILES string of the molecule is CCOC(=O)c1ccc(NC(=O)C2CC2C(=O)NCc2cccnc2)cc1. The third-order valence-corrected chi connectivity index (χ3v) is 4.32. The van der Waals surface area contributed by atoms with Gasteiger partial charge in [0.1, 0.15) is 0 Å². The lowest BCUT2D eigenvalue weighted by molar-refractivity contribution is -0.125. The number of nitrogens with zero attached hydrogens (tertiary/aromatic N) is 1. The molecule has 0 aliphatic heterocycles. The number of esters is 1. The zero-order valence-corrected chi connectivity index (χ0v) is 15.0. The van der Waals surface area contributed by atoms with Crippen LogP contribution in [0, 0.1) is 11.8 Å². The summed E-state index contributed by atoms with van der Waals surface area (Å²) in [6.07, 6.45) is 3.90. The van der Waals surface area contributed by atoms with Crippen molar-refractivity contribution < 1.29 is 19.1 Å². The molecule has 0 bridgehead atoms. The summed E-state index contributed by atoms with van der Waals surface area (Å²) in [5.74, 6) is -1.36. The molecule has 1 aromatic heterocycles. The van der Waals surface area contributed by atoms with E-state index in [0.717, 1.165) is 5.56 Å². The first-order valence-corrected chi connectivity index (χ1v) is 8.83. The molecule has 140 valence electrons. The van der Waals surface area contributed by atoms with Gasteiger partial charge in [-0.05, 0) is 49.2 Å². The normalized spacial score (nSPS) is 17.7. The number of benzene rings is 1. The molecule has 2 N–H and O–H groups in total. The van der Waals surface area contributed by atoms with Crippen molar-refractivity contribution in [3.8, 4) is 0 Å². The van der Waals surface area contributed by atoms with Gasteiger partial charge in [-0.15, -0.1) is 0 Å². The van der Waals surface area contributed by atoms with E-state index in [1.54, 1.807) is 43.6 Å². The van der Waals surface area contributed by atoms with Crippen molar-refractivity contribution in [3.05, 3.63) is 59.9 Å².